The summed E-state index contributed by atoms with van der Waals surface area (Å²) in [6.45, 7) is 0.200. The van der Waals surface area contributed by atoms with E-state index in [1.807, 2.05) is 0 Å². The topological polar surface area (TPSA) is 38.9 Å². The Hall–Kier alpha value is -0.810. The summed E-state index contributed by atoms with van der Waals surface area (Å²) in [6, 6.07) is 2.23. The normalized spacial score (nSPS) is 10.8. The Morgan fingerprint density at radius 1 is 1.31 bits per heavy atom. The van der Waals surface area contributed by atoms with Crippen molar-refractivity contribution in [1.29, 1.82) is 0 Å². The van der Waals surface area contributed by atoms with Gasteiger partial charge in [0.2, 0.25) is 0 Å². The van der Waals surface area contributed by atoms with Crippen molar-refractivity contribution < 1.29 is 13.2 Å². The van der Waals surface area contributed by atoms with Crippen molar-refractivity contribution >= 4 is 12.4 Å². The summed E-state index contributed by atoms with van der Waals surface area (Å²) in [4.78, 5) is 3.22. The second kappa shape index (κ2) is 4.43. The minimum Gasteiger partial charge on any atom is -0.326 e. The van der Waals surface area contributed by atoms with E-state index in [9.17, 15) is 13.2 Å². The highest BCUT2D eigenvalue weighted by molar-refractivity contribution is 5.85. The van der Waals surface area contributed by atoms with Gasteiger partial charge in [-0.2, -0.15) is 13.2 Å². The van der Waals surface area contributed by atoms with E-state index < -0.39 is 11.9 Å². The predicted octanol–water partition coefficient (Wildman–Crippen LogP) is 1.98. The Morgan fingerprint density at radius 2 is 1.92 bits per heavy atom. The second-order valence-electron chi connectivity index (χ2n) is 2.25. The zero-order valence-electron chi connectivity index (χ0n) is 6.51. The molecule has 0 spiro atoms. The molecule has 0 saturated heterocycles. The van der Waals surface area contributed by atoms with Crippen LogP contribution in [0.4, 0.5) is 13.2 Å². The summed E-state index contributed by atoms with van der Waals surface area (Å²) >= 11 is 0. The van der Waals surface area contributed by atoms with Crippen molar-refractivity contribution in [1.82, 2.24) is 4.98 Å². The number of pyridine rings is 1. The second-order valence-corrected chi connectivity index (χ2v) is 2.25. The molecule has 0 unspecified atom stereocenters. The Balaban J connectivity index is 0.00000144. The molecule has 2 nitrogen and oxygen atoms in total. The van der Waals surface area contributed by atoms with E-state index in [0.29, 0.717) is 5.56 Å². The summed E-state index contributed by atoms with van der Waals surface area (Å²) < 4.78 is 35.8. The smallest absolute Gasteiger partial charge is 0.326 e. The molecule has 6 heteroatoms. The monoisotopic (exact) mass is 212 g/mol. The van der Waals surface area contributed by atoms with Crippen LogP contribution in [0.25, 0.3) is 0 Å². The van der Waals surface area contributed by atoms with Crippen molar-refractivity contribution in [2.75, 3.05) is 0 Å². The summed E-state index contributed by atoms with van der Waals surface area (Å²) in [5, 5.41) is 0. The quantitative estimate of drug-likeness (QED) is 0.773. The molecule has 0 atom stereocenters. The summed E-state index contributed by atoms with van der Waals surface area (Å²) in [7, 11) is 0. The van der Waals surface area contributed by atoms with Crippen LogP contribution in [-0.4, -0.2) is 4.98 Å². The first-order valence-corrected chi connectivity index (χ1v) is 3.26. The fraction of sp³-hybridized carbons (Fsp3) is 0.286. The van der Waals surface area contributed by atoms with Gasteiger partial charge in [0.25, 0.3) is 0 Å². The van der Waals surface area contributed by atoms with E-state index in [-0.39, 0.29) is 19.0 Å². The third-order valence-electron chi connectivity index (χ3n) is 1.35. The zero-order valence-corrected chi connectivity index (χ0v) is 7.32. The molecule has 1 heterocycles. The Labute approximate surface area is 79.4 Å². The summed E-state index contributed by atoms with van der Waals surface area (Å²) in [5.41, 5.74) is 4.88. The first-order valence-electron chi connectivity index (χ1n) is 3.26. The molecule has 0 saturated carbocycles. The van der Waals surface area contributed by atoms with Gasteiger partial charge in [-0.25, -0.2) is 0 Å². The molecule has 2 N–H and O–H groups in total. The maximum Gasteiger partial charge on any atom is 0.433 e. The first-order chi connectivity index (χ1) is 5.54. The Bertz CT molecular complexity index is 257. The van der Waals surface area contributed by atoms with Crippen molar-refractivity contribution in [3.8, 4) is 0 Å². The fourth-order valence-electron chi connectivity index (χ4n) is 0.713. The number of nitrogens with two attached hydrogens (primary N) is 1. The maximum atomic E-state index is 11.9. The van der Waals surface area contributed by atoms with Gasteiger partial charge in [-0.3, -0.25) is 4.98 Å². The number of hydrogen-bond donors (Lipinski definition) is 1. The number of halogens is 4. The Morgan fingerprint density at radius 3 is 2.23 bits per heavy atom. The van der Waals surface area contributed by atoms with Crippen molar-refractivity contribution in [2.24, 2.45) is 5.73 Å². The van der Waals surface area contributed by atoms with Gasteiger partial charge in [-0.15, -0.1) is 12.4 Å². The molecule has 0 radical (unpaired) electrons. The van der Waals surface area contributed by atoms with E-state index in [2.05, 4.69) is 4.98 Å². The molecule has 0 amide bonds. The predicted molar refractivity (Wildman–Crippen MR) is 44.4 cm³/mol. The third kappa shape index (κ3) is 3.20. The lowest BCUT2D eigenvalue weighted by atomic mass is 10.2. The van der Waals surface area contributed by atoms with Gasteiger partial charge < -0.3 is 5.73 Å². The molecule has 0 bridgehead atoms. The van der Waals surface area contributed by atoms with Gasteiger partial charge in [0, 0.05) is 12.7 Å². The molecule has 0 fully saturated rings. The van der Waals surface area contributed by atoms with Gasteiger partial charge in [0.15, 0.2) is 0 Å². The maximum absolute atomic E-state index is 11.9. The summed E-state index contributed by atoms with van der Waals surface area (Å²) in [5.74, 6) is 0. The van der Waals surface area contributed by atoms with Crippen LogP contribution < -0.4 is 5.73 Å². The highest BCUT2D eigenvalue weighted by Crippen LogP contribution is 2.26. The minimum atomic E-state index is -4.37. The number of hydrogen-bond acceptors (Lipinski definition) is 2. The van der Waals surface area contributed by atoms with Crippen molar-refractivity contribution in [2.45, 2.75) is 12.7 Å². The van der Waals surface area contributed by atoms with Crippen LogP contribution in [0.2, 0.25) is 0 Å². The largest absolute Gasteiger partial charge is 0.433 e. The highest BCUT2D eigenvalue weighted by atomic mass is 35.5. The molecule has 0 aliphatic heterocycles. The third-order valence-corrected chi connectivity index (χ3v) is 1.35. The lowest BCUT2D eigenvalue weighted by Gasteiger charge is -2.04. The molecule has 0 aromatic carbocycles. The molecule has 74 valence electrons. The molecular formula is C7H8ClF3N2. The van der Waals surface area contributed by atoms with Crippen LogP contribution in [0.5, 0.6) is 0 Å². The van der Waals surface area contributed by atoms with E-state index in [0.717, 1.165) is 12.3 Å². The van der Waals surface area contributed by atoms with Crippen LogP contribution >= 0.6 is 12.4 Å². The molecule has 1 aromatic rings. The van der Waals surface area contributed by atoms with Gasteiger partial charge in [0.05, 0.1) is 0 Å². The van der Waals surface area contributed by atoms with Crippen LogP contribution in [0.3, 0.4) is 0 Å². The van der Waals surface area contributed by atoms with E-state index >= 15 is 0 Å². The zero-order chi connectivity index (χ0) is 9.19. The molecule has 13 heavy (non-hydrogen) atoms. The van der Waals surface area contributed by atoms with Crippen molar-refractivity contribution in [3.63, 3.8) is 0 Å². The van der Waals surface area contributed by atoms with Gasteiger partial charge in [-0.05, 0) is 11.6 Å². The van der Waals surface area contributed by atoms with Gasteiger partial charge in [-0.1, -0.05) is 6.07 Å². The van der Waals surface area contributed by atoms with E-state index in [1.165, 1.54) is 6.07 Å². The Kier molecular flexibility index (Phi) is 4.16. The SMILES string of the molecule is Cl.NCc1ccc(C(F)(F)F)nc1. The van der Waals surface area contributed by atoms with Crippen LogP contribution in [0.1, 0.15) is 11.3 Å². The lowest BCUT2D eigenvalue weighted by Crippen LogP contribution is -2.08. The van der Waals surface area contributed by atoms with Gasteiger partial charge >= 0.3 is 6.18 Å². The number of rotatable bonds is 1. The number of nitrogens with zero attached hydrogens (tertiary/aromatic N) is 1. The van der Waals surface area contributed by atoms with Crippen LogP contribution in [0.15, 0.2) is 18.3 Å². The lowest BCUT2D eigenvalue weighted by molar-refractivity contribution is -0.141. The molecule has 0 aliphatic rings. The minimum absolute atomic E-state index is 0. The molecule has 0 aliphatic carbocycles. The van der Waals surface area contributed by atoms with E-state index in [1.54, 1.807) is 0 Å². The van der Waals surface area contributed by atoms with Gasteiger partial charge in [0.1, 0.15) is 5.69 Å². The van der Waals surface area contributed by atoms with Crippen LogP contribution in [-0.2, 0) is 12.7 Å². The molecule has 1 rings (SSSR count). The molecule has 1 aromatic heterocycles. The number of alkyl halides is 3. The standard InChI is InChI=1S/C7H7F3N2.ClH/c8-7(9,10)6-2-1-5(3-11)4-12-6;/h1-2,4H,3,11H2;1H. The average Bonchev–Trinajstić information content (AvgIpc) is 2.03. The summed E-state index contributed by atoms with van der Waals surface area (Å²) in [6.07, 6.45) is -3.24. The molecular weight excluding hydrogens is 205 g/mol. The average molecular weight is 213 g/mol. The highest BCUT2D eigenvalue weighted by Gasteiger charge is 2.31. The van der Waals surface area contributed by atoms with Crippen molar-refractivity contribution in [3.05, 3.63) is 29.6 Å². The van der Waals surface area contributed by atoms with E-state index in [4.69, 9.17) is 5.73 Å². The fourth-order valence-corrected chi connectivity index (χ4v) is 0.713. The number of aromatic nitrogens is 1. The van der Waals surface area contributed by atoms with Crippen LogP contribution in [0, 0.1) is 0 Å². The first kappa shape index (κ1) is 12.2.